The van der Waals surface area contributed by atoms with Gasteiger partial charge in [-0.15, -0.1) is 0 Å². The van der Waals surface area contributed by atoms with Gasteiger partial charge in [-0.05, 0) is 6.16 Å². The fourth-order valence-corrected chi connectivity index (χ4v) is 2.12. The second-order valence-corrected chi connectivity index (χ2v) is 4.19. The molecule has 0 aromatic heterocycles. The molecule has 0 aromatic carbocycles. The minimum atomic E-state index is 0.442. The van der Waals surface area contributed by atoms with E-state index in [4.69, 9.17) is 0 Å². The van der Waals surface area contributed by atoms with Crippen molar-refractivity contribution in [3.8, 4) is 0 Å². The van der Waals surface area contributed by atoms with Crippen LogP contribution >= 0.6 is 8.73 Å². The van der Waals surface area contributed by atoms with E-state index in [9.17, 15) is 4.79 Å². The van der Waals surface area contributed by atoms with Gasteiger partial charge >= 0.3 is 0 Å². The van der Waals surface area contributed by atoms with Gasteiger partial charge in [0, 0.05) is 25.9 Å². The summed E-state index contributed by atoms with van der Waals surface area (Å²) in [5.74, 6) is 0.442. The number of hydrogen-bond donors (Lipinski definition) is 0. The van der Waals surface area contributed by atoms with Crippen molar-refractivity contribution >= 4 is 14.5 Å². The van der Waals surface area contributed by atoms with E-state index in [1.807, 2.05) is 0 Å². The molecule has 1 atom stereocenters. The Labute approximate surface area is 63.8 Å². The molecule has 0 N–H and O–H groups in total. The summed E-state index contributed by atoms with van der Waals surface area (Å²) in [6.07, 6.45) is 2.80. The molecule has 58 valence electrons. The lowest BCUT2D eigenvalue weighted by molar-refractivity contribution is -0.120. The summed E-state index contributed by atoms with van der Waals surface area (Å²) in [5, 5.41) is 0. The molecular weight excluding hydrogens is 145 g/mol. The Balaban J connectivity index is 2.19. The van der Waals surface area contributed by atoms with Crippen LogP contribution in [0, 0.1) is 0 Å². The minimum Gasteiger partial charge on any atom is -0.300 e. The number of piperidine rings is 1. The number of ketones is 1. The van der Waals surface area contributed by atoms with Crippen molar-refractivity contribution in [2.75, 3.05) is 19.3 Å². The maximum atomic E-state index is 10.8. The summed E-state index contributed by atoms with van der Waals surface area (Å²) in [6.45, 7) is 4.20. The van der Waals surface area contributed by atoms with Gasteiger partial charge in [-0.1, -0.05) is 15.7 Å². The fraction of sp³-hybridized carbons (Fsp3) is 0.857. The molecule has 1 saturated heterocycles. The van der Waals surface area contributed by atoms with Crippen LogP contribution in [0.3, 0.4) is 0 Å². The third kappa shape index (κ3) is 2.36. The molecule has 0 saturated carbocycles. The van der Waals surface area contributed by atoms with Gasteiger partial charge in [-0.2, -0.15) is 0 Å². The molecule has 3 heteroatoms. The van der Waals surface area contributed by atoms with Gasteiger partial charge in [0.25, 0.3) is 0 Å². The Morgan fingerprint density at radius 3 is 2.60 bits per heavy atom. The molecule has 1 aliphatic heterocycles. The zero-order chi connectivity index (χ0) is 7.40. The van der Waals surface area contributed by atoms with Crippen LogP contribution in [0.1, 0.15) is 19.8 Å². The lowest BCUT2D eigenvalue weighted by Gasteiger charge is -2.24. The number of carbonyl (C=O) groups is 1. The van der Waals surface area contributed by atoms with Gasteiger partial charge in [0.1, 0.15) is 5.78 Å². The van der Waals surface area contributed by atoms with Crippen molar-refractivity contribution in [2.24, 2.45) is 0 Å². The molecule has 1 heterocycles. The van der Waals surface area contributed by atoms with Crippen molar-refractivity contribution < 1.29 is 4.79 Å². The van der Waals surface area contributed by atoms with Gasteiger partial charge in [-0.3, -0.25) is 9.46 Å². The molecule has 0 aliphatic carbocycles. The second-order valence-electron chi connectivity index (χ2n) is 2.54. The van der Waals surface area contributed by atoms with Crippen molar-refractivity contribution in [3.63, 3.8) is 0 Å². The largest absolute Gasteiger partial charge is 0.300 e. The number of nitrogens with zero attached hydrogens (tertiary/aromatic N) is 1. The molecule has 10 heavy (non-hydrogen) atoms. The minimum absolute atomic E-state index is 0.442. The van der Waals surface area contributed by atoms with E-state index >= 15 is 0 Å². The first kappa shape index (κ1) is 8.16. The summed E-state index contributed by atoms with van der Waals surface area (Å²) in [4.78, 5) is 10.8. The Kier molecular flexibility index (Phi) is 3.30. The summed E-state index contributed by atoms with van der Waals surface area (Å²) >= 11 is 0. The SMILES string of the molecule is CCPN1CCC(=O)CC1. The average Bonchev–Trinajstić information content (AvgIpc) is 1.95. The summed E-state index contributed by atoms with van der Waals surface area (Å²) in [7, 11) is 0.935. The number of Topliss-reactive ketones (excluding diaryl/α,β-unsaturated/α-hetero) is 1. The van der Waals surface area contributed by atoms with Crippen LogP contribution in [0.25, 0.3) is 0 Å². The van der Waals surface area contributed by atoms with E-state index in [2.05, 4.69) is 11.6 Å². The first-order valence-electron chi connectivity index (χ1n) is 3.83. The molecule has 0 amide bonds. The smallest absolute Gasteiger partial charge is 0.135 e. The van der Waals surface area contributed by atoms with Crippen LogP contribution in [0.15, 0.2) is 0 Å². The molecule has 0 radical (unpaired) electrons. The Morgan fingerprint density at radius 1 is 1.50 bits per heavy atom. The predicted molar refractivity (Wildman–Crippen MR) is 44.7 cm³/mol. The van der Waals surface area contributed by atoms with Crippen molar-refractivity contribution in [2.45, 2.75) is 19.8 Å². The molecular formula is C7H14NOP. The third-order valence-corrected chi connectivity index (χ3v) is 2.91. The highest BCUT2D eigenvalue weighted by atomic mass is 31.1. The molecule has 0 bridgehead atoms. The van der Waals surface area contributed by atoms with Gasteiger partial charge in [0.2, 0.25) is 0 Å². The number of hydrogen-bond acceptors (Lipinski definition) is 2. The highest BCUT2D eigenvalue weighted by Crippen LogP contribution is 2.20. The van der Waals surface area contributed by atoms with Crippen molar-refractivity contribution in [1.82, 2.24) is 4.67 Å². The summed E-state index contributed by atoms with van der Waals surface area (Å²) in [6, 6.07) is 0. The lowest BCUT2D eigenvalue weighted by Crippen LogP contribution is -2.27. The third-order valence-electron chi connectivity index (χ3n) is 1.70. The zero-order valence-electron chi connectivity index (χ0n) is 6.39. The van der Waals surface area contributed by atoms with Crippen LogP contribution in [0.5, 0.6) is 0 Å². The second kappa shape index (κ2) is 4.05. The van der Waals surface area contributed by atoms with Gasteiger partial charge < -0.3 is 0 Å². The average molecular weight is 159 g/mol. The highest BCUT2D eigenvalue weighted by Gasteiger charge is 2.14. The monoisotopic (exact) mass is 159 g/mol. The van der Waals surface area contributed by atoms with E-state index in [0.29, 0.717) is 5.78 Å². The summed E-state index contributed by atoms with van der Waals surface area (Å²) in [5.41, 5.74) is 0. The van der Waals surface area contributed by atoms with Crippen molar-refractivity contribution in [1.29, 1.82) is 0 Å². The zero-order valence-corrected chi connectivity index (χ0v) is 7.39. The van der Waals surface area contributed by atoms with Gasteiger partial charge in [0.05, 0.1) is 0 Å². The quantitative estimate of drug-likeness (QED) is 0.565. The number of rotatable bonds is 2. The van der Waals surface area contributed by atoms with Crippen LogP contribution in [-0.4, -0.2) is 29.7 Å². The normalized spacial score (nSPS) is 22.7. The van der Waals surface area contributed by atoms with E-state index in [-0.39, 0.29) is 0 Å². The Morgan fingerprint density at radius 2 is 2.10 bits per heavy atom. The number of carbonyl (C=O) groups excluding carboxylic acids is 1. The van der Waals surface area contributed by atoms with E-state index < -0.39 is 0 Å². The highest BCUT2D eigenvalue weighted by molar-refractivity contribution is 7.35. The maximum Gasteiger partial charge on any atom is 0.135 e. The van der Waals surface area contributed by atoms with E-state index in [0.717, 1.165) is 34.7 Å². The Bertz CT molecular complexity index is 117. The summed E-state index contributed by atoms with van der Waals surface area (Å²) < 4.78 is 2.39. The lowest BCUT2D eigenvalue weighted by atomic mass is 10.1. The molecule has 1 rings (SSSR count). The van der Waals surface area contributed by atoms with E-state index in [1.54, 1.807) is 0 Å². The molecule has 1 unspecified atom stereocenters. The van der Waals surface area contributed by atoms with Gasteiger partial charge in [0.15, 0.2) is 0 Å². The van der Waals surface area contributed by atoms with E-state index in [1.165, 1.54) is 6.16 Å². The Hall–Kier alpha value is 0.0600. The molecule has 0 aromatic rings. The molecule has 1 aliphatic rings. The fourth-order valence-electron chi connectivity index (χ4n) is 1.14. The van der Waals surface area contributed by atoms with Crippen LogP contribution in [0.2, 0.25) is 0 Å². The van der Waals surface area contributed by atoms with Crippen LogP contribution < -0.4 is 0 Å². The van der Waals surface area contributed by atoms with Crippen molar-refractivity contribution in [3.05, 3.63) is 0 Å². The van der Waals surface area contributed by atoms with Crippen LogP contribution in [-0.2, 0) is 4.79 Å². The maximum absolute atomic E-state index is 10.8. The standard InChI is InChI=1S/C7H14NOP/c1-2-10-8-5-3-7(9)4-6-8/h10H,2-6H2,1H3. The predicted octanol–water partition coefficient (Wildman–Crippen LogP) is 1.26. The molecule has 2 nitrogen and oxygen atoms in total. The topological polar surface area (TPSA) is 20.3 Å². The first-order valence-corrected chi connectivity index (χ1v) is 4.98. The van der Waals surface area contributed by atoms with Crippen LogP contribution in [0.4, 0.5) is 0 Å². The molecule has 0 spiro atoms. The van der Waals surface area contributed by atoms with Gasteiger partial charge in [-0.25, -0.2) is 0 Å². The molecule has 1 fully saturated rings. The first-order chi connectivity index (χ1) is 4.83.